The van der Waals surface area contributed by atoms with E-state index in [0.717, 1.165) is 5.56 Å². The Labute approximate surface area is 144 Å². The number of aromatic nitrogens is 2. The van der Waals surface area contributed by atoms with Crippen molar-refractivity contribution in [2.45, 2.75) is 12.8 Å². The Morgan fingerprint density at radius 3 is 2.32 bits per heavy atom. The van der Waals surface area contributed by atoms with E-state index in [0.29, 0.717) is 17.3 Å². The highest BCUT2D eigenvalue weighted by molar-refractivity contribution is 5.95. The van der Waals surface area contributed by atoms with Gasteiger partial charge in [-0.25, -0.2) is 0 Å². The number of amides is 2. The number of benzene rings is 2. The predicted molar refractivity (Wildman–Crippen MR) is 90.1 cm³/mol. The first kappa shape index (κ1) is 16.4. The molecule has 7 nitrogen and oxygen atoms in total. The number of rotatable bonds is 5. The summed E-state index contributed by atoms with van der Waals surface area (Å²) in [5, 5.41) is 3.89. The first-order valence-corrected chi connectivity index (χ1v) is 7.74. The van der Waals surface area contributed by atoms with Gasteiger partial charge in [-0.05, 0) is 12.1 Å². The van der Waals surface area contributed by atoms with Crippen LogP contribution in [0.3, 0.4) is 0 Å². The van der Waals surface area contributed by atoms with Crippen molar-refractivity contribution in [2.24, 2.45) is 0 Å². The fourth-order valence-corrected chi connectivity index (χ4v) is 2.13. The molecule has 3 rings (SSSR count). The summed E-state index contributed by atoms with van der Waals surface area (Å²) in [6, 6.07) is 18.0. The highest BCUT2D eigenvalue weighted by Gasteiger charge is 2.11. The highest BCUT2D eigenvalue weighted by atomic mass is 16.5. The van der Waals surface area contributed by atoms with Crippen molar-refractivity contribution < 1.29 is 14.1 Å². The zero-order valence-electron chi connectivity index (χ0n) is 13.3. The van der Waals surface area contributed by atoms with Crippen LogP contribution in [0.1, 0.15) is 22.7 Å². The number of nitrogens with zero attached hydrogens (tertiary/aromatic N) is 2. The van der Waals surface area contributed by atoms with E-state index in [1.165, 1.54) is 0 Å². The number of hydrogen-bond acceptors (Lipinski definition) is 5. The van der Waals surface area contributed by atoms with E-state index in [-0.39, 0.29) is 24.7 Å². The van der Waals surface area contributed by atoms with Gasteiger partial charge in [0.15, 0.2) is 0 Å². The maximum atomic E-state index is 11.8. The van der Waals surface area contributed by atoms with Gasteiger partial charge in [0.1, 0.15) is 0 Å². The average molecular weight is 336 g/mol. The van der Waals surface area contributed by atoms with Crippen LogP contribution in [0.5, 0.6) is 0 Å². The summed E-state index contributed by atoms with van der Waals surface area (Å²) < 4.78 is 5.14. The minimum atomic E-state index is -0.377. The molecule has 0 bridgehead atoms. The largest absolute Gasteiger partial charge is 0.339 e. The number of hydrogen-bond donors (Lipinski definition) is 2. The van der Waals surface area contributed by atoms with Gasteiger partial charge in [-0.1, -0.05) is 53.7 Å². The fraction of sp³-hybridized carbons (Fsp3) is 0.111. The number of hydrazine groups is 1. The smallest absolute Gasteiger partial charge is 0.269 e. The minimum Gasteiger partial charge on any atom is -0.339 e. The summed E-state index contributed by atoms with van der Waals surface area (Å²) in [5.74, 6) is 0.124. The third-order valence-corrected chi connectivity index (χ3v) is 3.42. The SMILES string of the molecule is O=C(CCc1nc(-c2ccccc2)no1)NNC(=O)c1ccccc1. The van der Waals surface area contributed by atoms with Crippen LogP contribution in [0.25, 0.3) is 11.4 Å². The van der Waals surface area contributed by atoms with E-state index in [4.69, 9.17) is 4.52 Å². The molecule has 0 aliphatic rings. The van der Waals surface area contributed by atoms with Gasteiger partial charge >= 0.3 is 0 Å². The van der Waals surface area contributed by atoms with E-state index in [9.17, 15) is 9.59 Å². The van der Waals surface area contributed by atoms with Crippen molar-refractivity contribution in [1.82, 2.24) is 21.0 Å². The first-order valence-electron chi connectivity index (χ1n) is 7.74. The molecule has 7 heteroatoms. The Bertz CT molecular complexity index is 847. The Morgan fingerprint density at radius 2 is 1.60 bits per heavy atom. The second-order valence-electron chi connectivity index (χ2n) is 5.25. The summed E-state index contributed by atoms with van der Waals surface area (Å²) in [5.41, 5.74) is 6.03. The normalized spacial score (nSPS) is 10.2. The summed E-state index contributed by atoms with van der Waals surface area (Å²) in [6.07, 6.45) is 0.401. The third kappa shape index (κ3) is 4.51. The van der Waals surface area contributed by atoms with Crippen LogP contribution >= 0.6 is 0 Å². The molecule has 0 aliphatic heterocycles. The van der Waals surface area contributed by atoms with Crippen LogP contribution in [0, 0.1) is 0 Å². The lowest BCUT2D eigenvalue weighted by Crippen LogP contribution is -2.41. The van der Waals surface area contributed by atoms with Gasteiger partial charge in [-0.15, -0.1) is 0 Å². The molecule has 0 saturated carbocycles. The fourth-order valence-electron chi connectivity index (χ4n) is 2.13. The van der Waals surface area contributed by atoms with Gasteiger partial charge < -0.3 is 4.52 Å². The third-order valence-electron chi connectivity index (χ3n) is 3.42. The first-order chi connectivity index (χ1) is 12.2. The molecule has 2 aromatic carbocycles. The molecule has 0 unspecified atom stereocenters. The molecule has 2 N–H and O–H groups in total. The van der Waals surface area contributed by atoms with Crippen LogP contribution in [0.2, 0.25) is 0 Å². The van der Waals surface area contributed by atoms with Gasteiger partial charge in [0.2, 0.25) is 17.6 Å². The summed E-state index contributed by atoms with van der Waals surface area (Å²) in [4.78, 5) is 27.9. The standard InChI is InChI=1S/C18H16N4O3/c23-15(20-21-18(24)14-9-5-2-6-10-14)11-12-16-19-17(22-25-16)13-7-3-1-4-8-13/h1-10H,11-12H2,(H,20,23)(H,21,24). The Kier molecular flexibility index (Phi) is 5.16. The molecule has 1 heterocycles. The lowest BCUT2D eigenvalue weighted by Gasteiger charge is -2.06. The molecule has 25 heavy (non-hydrogen) atoms. The molecule has 0 fully saturated rings. The van der Waals surface area contributed by atoms with Crippen LogP contribution < -0.4 is 10.9 Å². The average Bonchev–Trinajstić information content (AvgIpc) is 3.15. The van der Waals surface area contributed by atoms with Crippen LogP contribution in [-0.2, 0) is 11.2 Å². The molecule has 0 radical (unpaired) electrons. The van der Waals surface area contributed by atoms with Crippen molar-refractivity contribution in [1.29, 1.82) is 0 Å². The zero-order valence-corrected chi connectivity index (χ0v) is 13.3. The molecule has 2 amide bonds. The molecule has 3 aromatic rings. The predicted octanol–water partition coefficient (Wildman–Crippen LogP) is 2.13. The second-order valence-corrected chi connectivity index (χ2v) is 5.25. The number of carbonyl (C=O) groups excluding carboxylic acids is 2. The monoisotopic (exact) mass is 336 g/mol. The van der Waals surface area contributed by atoms with E-state index < -0.39 is 0 Å². The lowest BCUT2D eigenvalue weighted by atomic mass is 10.2. The summed E-state index contributed by atoms with van der Waals surface area (Å²) in [6.45, 7) is 0. The molecule has 1 aromatic heterocycles. The number of nitrogens with one attached hydrogen (secondary N) is 2. The van der Waals surface area contributed by atoms with E-state index in [1.54, 1.807) is 24.3 Å². The zero-order chi connectivity index (χ0) is 17.5. The number of aryl methyl sites for hydroxylation is 1. The van der Waals surface area contributed by atoms with E-state index in [2.05, 4.69) is 21.0 Å². The van der Waals surface area contributed by atoms with Crippen molar-refractivity contribution >= 4 is 11.8 Å². The van der Waals surface area contributed by atoms with Gasteiger partial charge in [0, 0.05) is 24.0 Å². The minimum absolute atomic E-state index is 0.117. The lowest BCUT2D eigenvalue weighted by molar-refractivity contribution is -0.121. The molecule has 0 saturated heterocycles. The summed E-state index contributed by atoms with van der Waals surface area (Å²) >= 11 is 0. The number of carbonyl (C=O) groups is 2. The Hall–Kier alpha value is -3.48. The van der Waals surface area contributed by atoms with Crippen molar-refractivity contribution in [3.05, 3.63) is 72.1 Å². The van der Waals surface area contributed by atoms with Crippen LogP contribution in [0.15, 0.2) is 65.2 Å². The van der Waals surface area contributed by atoms with E-state index in [1.807, 2.05) is 36.4 Å². The quantitative estimate of drug-likeness (QED) is 0.696. The summed E-state index contributed by atoms with van der Waals surface area (Å²) in [7, 11) is 0. The van der Waals surface area contributed by atoms with Crippen LogP contribution in [-0.4, -0.2) is 22.0 Å². The molecule has 0 spiro atoms. The molecule has 0 aliphatic carbocycles. The molecule has 126 valence electrons. The molecular weight excluding hydrogens is 320 g/mol. The van der Waals surface area contributed by atoms with Crippen LogP contribution in [0.4, 0.5) is 0 Å². The maximum absolute atomic E-state index is 11.8. The molecule has 0 atom stereocenters. The Morgan fingerprint density at radius 1 is 0.920 bits per heavy atom. The highest BCUT2D eigenvalue weighted by Crippen LogP contribution is 2.15. The van der Waals surface area contributed by atoms with E-state index >= 15 is 0 Å². The van der Waals surface area contributed by atoms with Gasteiger partial charge in [-0.3, -0.25) is 20.4 Å². The second kappa shape index (κ2) is 7.87. The maximum Gasteiger partial charge on any atom is 0.269 e. The van der Waals surface area contributed by atoms with Gasteiger partial charge in [0.25, 0.3) is 5.91 Å². The van der Waals surface area contributed by atoms with Gasteiger partial charge in [0.05, 0.1) is 0 Å². The molecular formula is C18H16N4O3. The van der Waals surface area contributed by atoms with Crippen molar-refractivity contribution in [3.63, 3.8) is 0 Å². The Balaban J connectivity index is 1.47. The topological polar surface area (TPSA) is 97.1 Å². The van der Waals surface area contributed by atoms with Gasteiger partial charge in [-0.2, -0.15) is 4.98 Å². The van der Waals surface area contributed by atoms with Crippen molar-refractivity contribution in [3.8, 4) is 11.4 Å². The van der Waals surface area contributed by atoms with Crippen molar-refractivity contribution in [2.75, 3.05) is 0 Å².